The predicted octanol–water partition coefficient (Wildman–Crippen LogP) is 1.81. The fourth-order valence-corrected chi connectivity index (χ4v) is 1.94. The van der Waals surface area contributed by atoms with E-state index in [2.05, 4.69) is 36.4 Å². The molecule has 0 saturated carbocycles. The van der Waals surface area contributed by atoms with Crippen LogP contribution in [0.1, 0.15) is 38.8 Å². The van der Waals surface area contributed by atoms with Crippen LogP contribution >= 0.6 is 0 Å². The Morgan fingerprint density at radius 3 is 2.85 bits per heavy atom. The van der Waals surface area contributed by atoms with Crippen molar-refractivity contribution < 1.29 is 13.9 Å². The first-order valence-corrected chi connectivity index (χ1v) is 7.00. The maximum absolute atomic E-state index is 11.6. The SMILES string of the molecule is CC(C)(C)c1cnc(CNC(=O)NC[C@@H]2CCOC2)o1. The first-order valence-electron chi connectivity index (χ1n) is 7.00. The number of hydrogen-bond donors (Lipinski definition) is 2. The molecule has 0 radical (unpaired) electrons. The molecule has 1 fully saturated rings. The van der Waals surface area contributed by atoms with Gasteiger partial charge in [-0.25, -0.2) is 9.78 Å². The van der Waals surface area contributed by atoms with Crippen LogP contribution in [0.3, 0.4) is 0 Å². The number of ether oxygens (including phenoxy) is 1. The lowest BCUT2D eigenvalue weighted by Crippen LogP contribution is -2.38. The Morgan fingerprint density at radius 2 is 2.25 bits per heavy atom. The number of nitrogens with zero attached hydrogens (tertiary/aromatic N) is 1. The minimum Gasteiger partial charge on any atom is -0.443 e. The Morgan fingerprint density at radius 1 is 1.45 bits per heavy atom. The summed E-state index contributed by atoms with van der Waals surface area (Å²) in [6, 6.07) is -0.201. The lowest BCUT2D eigenvalue weighted by atomic mass is 9.94. The van der Waals surface area contributed by atoms with Gasteiger partial charge in [-0.3, -0.25) is 0 Å². The van der Waals surface area contributed by atoms with E-state index in [-0.39, 0.29) is 11.4 Å². The Hall–Kier alpha value is -1.56. The predicted molar refractivity (Wildman–Crippen MR) is 74.4 cm³/mol. The lowest BCUT2D eigenvalue weighted by Gasteiger charge is -2.13. The van der Waals surface area contributed by atoms with Crippen LogP contribution in [-0.2, 0) is 16.7 Å². The molecule has 2 N–H and O–H groups in total. The van der Waals surface area contributed by atoms with E-state index >= 15 is 0 Å². The Kier molecular flexibility index (Phi) is 4.65. The van der Waals surface area contributed by atoms with Crippen molar-refractivity contribution in [3.8, 4) is 0 Å². The molecule has 112 valence electrons. The fourth-order valence-electron chi connectivity index (χ4n) is 1.94. The third-order valence-electron chi connectivity index (χ3n) is 3.27. The molecule has 0 aliphatic carbocycles. The monoisotopic (exact) mass is 281 g/mol. The van der Waals surface area contributed by atoms with E-state index in [1.165, 1.54) is 0 Å². The van der Waals surface area contributed by atoms with E-state index in [9.17, 15) is 4.79 Å². The van der Waals surface area contributed by atoms with Crippen LogP contribution in [0.15, 0.2) is 10.6 Å². The van der Waals surface area contributed by atoms with Crippen LogP contribution < -0.4 is 10.6 Å². The Balaban J connectivity index is 1.71. The molecule has 0 spiro atoms. The van der Waals surface area contributed by atoms with Gasteiger partial charge in [0.2, 0.25) is 5.89 Å². The quantitative estimate of drug-likeness (QED) is 0.882. The maximum Gasteiger partial charge on any atom is 0.315 e. The molecule has 0 aromatic carbocycles. The summed E-state index contributed by atoms with van der Waals surface area (Å²) in [7, 11) is 0. The highest BCUT2D eigenvalue weighted by Gasteiger charge is 2.19. The average molecular weight is 281 g/mol. The number of amides is 2. The number of nitrogens with one attached hydrogen (secondary N) is 2. The lowest BCUT2D eigenvalue weighted by molar-refractivity contribution is 0.185. The molecule has 20 heavy (non-hydrogen) atoms. The molecule has 1 aliphatic heterocycles. The van der Waals surface area contributed by atoms with Crippen LogP contribution in [0.2, 0.25) is 0 Å². The maximum atomic E-state index is 11.6. The van der Waals surface area contributed by atoms with Crippen LogP contribution in [0, 0.1) is 5.92 Å². The topological polar surface area (TPSA) is 76.4 Å². The highest BCUT2D eigenvalue weighted by molar-refractivity contribution is 5.73. The van der Waals surface area contributed by atoms with Gasteiger partial charge < -0.3 is 19.8 Å². The minimum atomic E-state index is -0.201. The zero-order valence-corrected chi connectivity index (χ0v) is 12.4. The van der Waals surface area contributed by atoms with Crippen molar-refractivity contribution in [2.24, 2.45) is 5.92 Å². The molecule has 0 bridgehead atoms. The summed E-state index contributed by atoms with van der Waals surface area (Å²) in [4.78, 5) is 15.8. The fraction of sp³-hybridized carbons (Fsp3) is 0.714. The first kappa shape index (κ1) is 14.8. The molecule has 1 saturated heterocycles. The van der Waals surface area contributed by atoms with Gasteiger partial charge in [-0.1, -0.05) is 20.8 Å². The van der Waals surface area contributed by atoms with E-state index in [0.29, 0.717) is 24.9 Å². The van der Waals surface area contributed by atoms with Gasteiger partial charge in [-0.2, -0.15) is 0 Å². The van der Waals surface area contributed by atoms with E-state index in [4.69, 9.17) is 9.15 Å². The Bertz CT molecular complexity index is 445. The van der Waals surface area contributed by atoms with E-state index in [1.54, 1.807) is 6.20 Å². The average Bonchev–Trinajstić information content (AvgIpc) is 3.04. The van der Waals surface area contributed by atoms with Gasteiger partial charge >= 0.3 is 6.03 Å². The van der Waals surface area contributed by atoms with Gasteiger partial charge in [-0.05, 0) is 6.42 Å². The molecule has 1 atom stereocenters. The number of hydrogen-bond acceptors (Lipinski definition) is 4. The molecule has 6 nitrogen and oxygen atoms in total. The normalized spacial score (nSPS) is 19.1. The molecule has 6 heteroatoms. The highest BCUT2D eigenvalue weighted by Crippen LogP contribution is 2.22. The zero-order valence-electron chi connectivity index (χ0n) is 12.4. The smallest absolute Gasteiger partial charge is 0.315 e. The van der Waals surface area contributed by atoms with Crippen molar-refractivity contribution >= 4 is 6.03 Å². The van der Waals surface area contributed by atoms with Gasteiger partial charge in [0.25, 0.3) is 0 Å². The second kappa shape index (κ2) is 6.26. The number of oxazole rings is 1. The second-order valence-electron chi connectivity index (χ2n) is 6.16. The molecule has 2 rings (SSSR count). The number of carbonyl (C=O) groups excluding carboxylic acids is 1. The molecule has 2 heterocycles. The summed E-state index contributed by atoms with van der Waals surface area (Å²) < 4.78 is 10.9. The van der Waals surface area contributed by atoms with Gasteiger partial charge in [0.1, 0.15) is 5.76 Å². The summed E-state index contributed by atoms with van der Waals surface area (Å²) in [5, 5.41) is 5.57. The molecule has 1 aliphatic rings. The minimum absolute atomic E-state index is 0.0734. The third kappa shape index (κ3) is 4.23. The Labute approximate surface area is 119 Å². The van der Waals surface area contributed by atoms with Crippen molar-refractivity contribution in [2.75, 3.05) is 19.8 Å². The van der Waals surface area contributed by atoms with Crippen LogP contribution in [0.4, 0.5) is 4.79 Å². The second-order valence-corrected chi connectivity index (χ2v) is 6.16. The van der Waals surface area contributed by atoms with E-state index in [1.807, 2.05) is 0 Å². The molecule has 1 aromatic rings. The standard InChI is InChI=1S/C14H23N3O3/c1-14(2,3)11-7-15-12(20-11)8-17-13(18)16-6-10-4-5-19-9-10/h7,10H,4-6,8-9H2,1-3H3,(H2,16,17,18)/t10-/m0/s1. The van der Waals surface area contributed by atoms with E-state index < -0.39 is 0 Å². The number of carbonyl (C=O) groups is 1. The summed E-state index contributed by atoms with van der Waals surface area (Å²) in [5.74, 6) is 1.77. The first-order chi connectivity index (χ1) is 9.45. The number of urea groups is 1. The highest BCUT2D eigenvalue weighted by atomic mass is 16.5. The number of aromatic nitrogens is 1. The molecule has 0 unspecified atom stereocenters. The number of rotatable bonds is 4. The summed E-state index contributed by atoms with van der Waals surface area (Å²) in [5.41, 5.74) is -0.0734. The molecular weight excluding hydrogens is 258 g/mol. The van der Waals surface area contributed by atoms with Crippen LogP contribution in [0.5, 0.6) is 0 Å². The summed E-state index contributed by atoms with van der Waals surface area (Å²) in [6.07, 6.45) is 2.72. The van der Waals surface area contributed by atoms with Crippen molar-refractivity contribution in [3.63, 3.8) is 0 Å². The molecule has 2 amide bonds. The summed E-state index contributed by atoms with van der Waals surface area (Å²) >= 11 is 0. The molecular formula is C14H23N3O3. The van der Waals surface area contributed by atoms with Gasteiger partial charge in [0.15, 0.2) is 0 Å². The zero-order chi connectivity index (χ0) is 14.6. The van der Waals surface area contributed by atoms with Crippen LogP contribution in [-0.4, -0.2) is 30.8 Å². The van der Waals surface area contributed by atoms with Gasteiger partial charge in [0, 0.05) is 24.5 Å². The molecule has 1 aromatic heterocycles. The van der Waals surface area contributed by atoms with Crippen molar-refractivity contribution in [1.29, 1.82) is 0 Å². The van der Waals surface area contributed by atoms with Gasteiger partial charge in [0.05, 0.1) is 19.3 Å². The van der Waals surface area contributed by atoms with E-state index in [0.717, 1.165) is 25.4 Å². The van der Waals surface area contributed by atoms with Crippen LogP contribution in [0.25, 0.3) is 0 Å². The van der Waals surface area contributed by atoms with Gasteiger partial charge in [-0.15, -0.1) is 0 Å². The summed E-state index contributed by atoms with van der Waals surface area (Å²) in [6.45, 7) is 8.63. The largest absolute Gasteiger partial charge is 0.443 e. The van der Waals surface area contributed by atoms with Crippen molar-refractivity contribution in [1.82, 2.24) is 15.6 Å². The van der Waals surface area contributed by atoms with Crippen molar-refractivity contribution in [2.45, 2.75) is 39.2 Å². The van der Waals surface area contributed by atoms with Crippen molar-refractivity contribution in [3.05, 3.63) is 17.8 Å². The third-order valence-corrected chi connectivity index (χ3v) is 3.27.